The lowest BCUT2D eigenvalue weighted by Gasteiger charge is -2.39. The minimum absolute atomic E-state index is 0. The minimum Gasteiger partial charge on any atom is -0.381 e. The number of rotatable bonds is 5. The summed E-state index contributed by atoms with van der Waals surface area (Å²) in [6.45, 7) is 3.09. The Morgan fingerprint density at radius 2 is 1.96 bits per heavy atom. The van der Waals surface area contributed by atoms with E-state index in [0.29, 0.717) is 0 Å². The SMILES string of the molecule is CN=C(NCC1(c2ccccc2Cl)CCOCC1)N(C)Cc1cccn1C.I. The fourth-order valence-electron chi connectivity index (χ4n) is 3.81. The van der Waals surface area contributed by atoms with Gasteiger partial charge in [0, 0.05) is 63.2 Å². The first-order valence-corrected chi connectivity index (χ1v) is 9.78. The van der Waals surface area contributed by atoms with Crippen molar-refractivity contribution in [2.45, 2.75) is 24.8 Å². The third kappa shape index (κ3) is 5.21. The number of hydrogen-bond donors (Lipinski definition) is 1. The molecule has 1 fully saturated rings. The largest absolute Gasteiger partial charge is 0.381 e. The van der Waals surface area contributed by atoms with Crippen LogP contribution in [0.1, 0.15) is 24.1 Å². The predicted octanol–water partition coefficient (Wildman–Crippen LogP) is 4.05. The molecule has 0 amide bonds. The van der Waals surface area contributed by atoms with Gasteiger partial charge in [0.2, 0.25) is 0 Å². The molecular weight excluding hydrogens is 487 g/mol. The number of aryl methyl sites for hydroxylation is 1. The van der Waals surface area contributed by atoms with Crippen LogP contribution in [0.5, 0.6) is 0 Å². The summed E-state index contributed by atoms with van der Waals surface area (Å²) in [5, 5.41) is 4.42. The first-order chi connectivity index (χ1) is 13.1. The number of ether oxygens (including phenoxy) is 1. The van der Waals surface area contributed by atoms with Gasteiger partial charge in [-0.05, 0) is 36.6 Å². The molecule has 3 rings (SSSR count). The minimum atomic E-state index is -0.0433. The Kier molecular flexibility index (Phi) is 8.64. The third-order valence-corrected chi connectivity index (χ3v) is 5.83. The second-order valence-corrected chi connectivity index (χ2v) is 7.65. The zero-order valence-electron chi connectivity index (χ0n) is 16.8. The van der Waals surface area contributed by atoms with Gasteiger partial charge in [-0.25, -0.2) is 0 Å². The quantitative estimate of drug-likeness (QED) is 0.370. The molecule has 2 heterocycles. The van der Waals surface area contributed by atoms with E-state index in [4.69, 9.17) is 16.3 Å². The van der Waals surface area contributed by atoms with Crippen molar-refractivity contribution in [2.75, 3.05) is 33.9 Å². The molecular formula is C21H30ClIN4O. The highest BCUT2D eigenvalue weighted by atomic mass is 127. The van der Waals surface area contributed by atoms with Crippen LogP contribution in [-0.4, -0.2) is 49.3 Å². The van der Waals surface area contributed by atoms with E-state index in [9.17, 15) is 0 Å². The standard InChI is InChI=1S/C21H29ClN4O.HI/c1-23-20(26(3)15-17-7-6-12-25(17)2)24-16-21(10-13-27-14-11-21)18-8-4-5-9-19(18)22;/h4-9,12H,10-11,13-16H2,1-3H3,(H,23,24);1H. The van der Waals surface area contributed by atoms with E-state index >= 15 is 0 Å². The van der Waals surface area contributed by atoms with Crippen LogP contribution < -0.4 is 5.32 Å². The molecule has 0 radical (unpaired) electrons. The highest BCUT2D eigenvalue weighted by Crippen LogP contribution is 2.38. The van der Waals surface area contributed by atoms with Gasteiger partial charge >= 0.3 is 0 Å². The van der Waals surface area contributed by atoms with Gasteiger partial charge in [0.15, 0.2) is 5.96 Å². The molecule has 0 bridgehead atoms. The predicted molar refractivity (Wildman–Crippen MR) is 127 cm³/mol. The van der Waals surface area contributed by atoms with E-state index in [1.54, 1.807) is 0 Å². The number of benzene rings is 1. The molecule has 5 nitrogen and oxygen atoms in total. The van der Waals surface area contributed by atoms with Gasteiger partial charge < -0.3 is 19.5 Å². The van der Waals surface area contributed by atoms with Crippen molar-refractivity contribution in [3.05, 3.63) is 58.9 Å². The summed E-state index contributed by atoms with van der Waals surface area (Å²) in [7, 11) is 5.96. The van der Waals surface area contributed by atoms with Crippen molar-refractivity contribution in [1.82, 2.24) is 14.8 Å². The van der Waals surface area contributed by atoms with Gasteiger partial charge in [-0.2, -0.15) is 0 Å². The van der Waals surface area contributed by atoms with Gasteiger partial charge in [-0.1, -0.05) is 29.8 Å². The van der Waals surface area contributed by atoms with E-state index in [1.165, 1.54) is 11.3 Å². The zero-order chi connectivity index (χ0) is 19.3. The van der Waals surface area contributed by atoms with Gasteiger partial charge in [-0.3, -0.25) is 4.99 Å². The molecule has 1 aromatic heterocycles. The van der Waals surface area contributed by atoms with Crippen LogP contribution in [0.3, 0.4) is 0 Å². The Labute approximate surface area is 190 Å². The molecule has 7 heteroatoms. The second-order valence-electron chi connectivity index (χ2n) is 7.24. The summed E-state index contributed by atoms with van der Waals surface area (Å²) in [6, 6.07) is 12.4. The number of aliphatic imine (C=N–C) groups is 1. The van der Waals surface area contributed by atoms with Crippen molar-refractivity contribution < 1.29 is 4.74 Å². The van der Waals surface area contributed by atoms with Gasteiger partial charge in [0.1, 0.15) is 0 Å². The third-order valence-electron chi connectivity index (χ3n) is 5.50. The van der Waals surface area contributed by atoms with E-state index in [1.807, 2.05) is 19.2 Å². The smallest absolute Gasteiger partial charge is 0.193 e. The van der Waals surface area contributed by atoms with Crippen LogP contribution in [0.25, 0.3) is 0 Å². The average Bonchev–Trinajstić information content (AvgIpc) is 3.08. The van der Waals surface area contributed by atoms with Crippen LogP contribution in [-0.2, 0) is 23.7 Å². The van der Waals surface area contributed by atoms with E-state index < -0.39 is 0 Å². The second kappa shape index (κ2) is 10.5. The lowest BCUT2D eigenvalue weighted by Crippen LogP contribution is -2.48. The highest BCUT2D eigenvalue weighted by molar-refractivity contribution is 14.0. The Morgan fingerprint density at radius 3 is 2.57 bits per heavy atom. The van der Waals surface area contributed by atoms with Gasteiger partial charge in [0.25, 0.3) is 0 Å². The molecule has 0 saturated carbocycles. The van der Waals surface area contributed by atoms with E-state index in [-0.39, 0.29) is 29.4 Å². The molecule has 0 spiro atoms. The number of halogens is 2. The highest BCUT2D eigenvalue weighted by Gasteiger charge is 2.36. The van der Waals surface area contributed by atoms with Crippen molar-refractivity contribution in [1.29, 1.82) is 0 Å². The fraction of sp³-hybridized carbons (Fsp3) is 0.476. The van der Waals surface area contributed by atoms with Crippen LogP contribution >= 0.6 is 35.6 Å². The van der Waals surface area contributed by atoms with Crippen LogP contribution in [0, 0.1) is 0 Å². The van der Waals surface area contributed by atoms with Crippen molar-refractivity contribution in [3.63, 3.8) is 0 Å². The zero-order valence-corrected chi connectivity index (χ0v) is 19.9. The lowest BCUT2D eigenvalue weighted by molar-refractivity contribution is 0.0512. The number of nitrogens with zero attached hydrogens (tertiary/aromatic N) is 3. The Morgan fingerprint density at radius 1 is 1.25 bits per heavy atom. The first kappa shape index (κ1) is 23.0. The summed E-state index contributed by atoms with van der Waals surface area (Å²) < 4.78 is 7.77. The lowest BCUT2D eigenvalue weighted by atomic mass is 9.74. The molecule has 1 aliphatic rings. The van der Waals surface area contributed by atoms with Crippen LogP contribution in [0.4, 0.5) is 0 Å². The van der Waals surface area contributed by atoms with E-state index in [0.717, 1.165) is 50.1 Å². The Balaban J connectivity index is 0.00000280. The average molecular weight is 517 g/mol. The number of guanidine groups is 1. The summed E-state index contributed by atoms with van der Waals surface area (Å²) >= 11 is 6.56. The maximum absolute atomic E-state index is 6.56. The maximum atomic E-state index is 6.56. The topological polar surface area (TPSA) is 41.8 Å². The molecule has 0 unspecified atom stereocenters. The fourth-order valence-corrected chi connectivity index (χ4v) is 4.14. The van der Waals surface area contributed by atoms with Crippen molar-refractivity contribution >= 4 is 41.5 Å². The molecule has 28 heavy (non-hydrogen) atoms. The summed E-state index contributed by atoms with van der Waals surface area (Å²) in [4.78, 5) is 6.64. The molecule has 1 N–H and O–H groups in total. The monoisotopic (exact) mass is 516 g/mol. The summed E-state index contributed by atoms with van der Waals surface area (Å²) in [5.74, 6) is 0.883. The summed E-state index contributed by atoms with van der Waals surface area (Å²) in [6.07, 6.45) is 3.96. The number of aromatic nitrogens is 1. The molecule has 154 valence electrons. The van der Waals surface area contributed by atoms with Crippen LogP contribution in [0.15, 0.2) is 47.6 Å². The Bertz CT molecular complexity index is 786. The molecule has 2 aromatic rings. The maximum Gasteiger partial charge on any atom is 0.193 e. The van der Waals surface area contributed by atoms with Crippen molar-refractivity contribution in [2.24, 2.45) is 12.0 Å². The van der Waals surface area contributed by atoms with Crippen LogP contribution in [0.2, 0.25) is 5.02 Å². The van der Waals surface area contributed by atoms with Gasteiger partial charge in [-0.15, -0.1) is 24.0 Å². The number of nitrogens with one attached hydrogen (secondary N) is 1. The van der Waals surface area contributed by atoms with E-state index in [2.05, 4.69) is 64.3 Å². The molecule has 1 aromatic carbocycles. The molecule has 0 atom stereocenters. The van der Waals surface area contributed by atoms with Crippen molar-refractivity contribution in [3.8, 4) is 0 Å². The molecule has 1 aliphatic heterocycles. The Hall–Kier alpha value is -1.25. The number of hydrogen-bond acceptors (Lipinski definition) is 2. The first-order valence-electron chi connectivity index (χ1n) is 9.40. The normalized spacial score (nSPS) is 16.4. The molecule has 1 saturated heterocycles. The summed E-state index contributed by atoms with van der Waals surface area (Å²) in [5.41, 5.74) is 2.40. The van der Waals surface area contributed by atoms with Gasteiger partial charge in [0.05, 0.1) is 6.54 Å². The molecule has 0 aliphatic carbocycles.